The fraction of sp³-hybridized carbons (Fsp3) is 0.0769. The number of halogens is 1. The Bertz CT molecular complexity index is 595. The number of aliphatic carboxylic acids is 1. The summed E-state index contributed by atoms with van der Waals surface area (Å²) >= 11 is 3.21. The first-order valence-electron chi connectivity index (χ1n) is 5.50. The van der Waals surface area contributed by atoms with Crippen molar-refractivity contribution in [2.24, 2.45) is 0 Å². The lowest BCUT2D eigenvalue weighted by Gasteiger charge is -2.14. The number of carboxylic acids is 1. The van der Waals surface area contributed by atoms with Gasteiger partial charge < -0.3 is 15.4 Å². The number of rotatable bonds is 4. The third-order valence-electron chi connectivity index (χ3n) is 2.55. The van der Waals surface area contributed by atoms with Crippen LogP contribution in [0.2, 0.25) is 0 Å². The Morgan fingerprint density at radius 2 is 1.95 bits per heavy atom. The summed E-state index contributed by atoms with van der Waals surface area (Å²) in [5, 5.41) is 11.7. The lowest BCUT2D eigenvalue weighted by molar-refractivity contribution is -0.139. The first-order chi connectivity index (χ1) is 9.08. The molecule has 0 bridgehead atoms. The average molecular weight is 323 g/mol. The van der Waals surface area contributed by atoms with E-state index in [2.05, 4.69) is 26.2 Å². The van der Waals surface area contributed by atoms with Crippen LogP contribution < -0.4 is 5.32 Å². The van der Waals surface area contributed by atoms with Gasteiger partial charge in [0.25, 0.3) is 5.91 Å². The van der Waals surface area contributed by atoms with Crippen molar-refractivity contribution in [3.63, 3.8) is 0 Å². The molecule has 19 heavy (non-hydrogen) atoms. The van der Waals surface area contributed by atoms with Crippen molar-refractivity contribution in [2.75, 3.05) is 0 Å². The molecule has 3 N–H and O–H groups in total. The molecule has 0 fully saturated rings. The van der Waals surface area contributed by atoms with E-state index in [1.807, 2.05) is 0 Å². The number of amides is 1. The molecule has 1 atom stereocenters. The predicted octanol–water partition coefficient (Wildman–Crippen LogP) is 2.33. The van der Waals surface area contributed by atoms with E-state index in [4.69, 9.17) is 0 Å². The number of hydrogen-bond donors (Lipinski definition) is 3. The third kappa shape index (κ3) is 3.23. The third-order valence-corrected chi connectivity index (χ3v) is 3.01. The summed E-state index contributed by atoms with van der Waals surface area (Å²) in [6, 6.07) is 9.06. The molecule has 0 saturated heterocycles. The van der Waals surface area contributed by atoms with E-state index in [0.717, 1.165) is 4.47 Å². The number of H-pyrrole nitrogens is 1. The maximum absolute atomic E-state index is 11.9. The Labute approximate surface area is 117 Å². The summed E-state index contributed by atoms with van der Waals surface area (Å²) in [6.45, 7) is 0. The van der Waals surface area contributed by atoms with Crippen molar-refractivity contribution in [1.29, 1.82) is 0 Å². The van der Waals surface area contributed by atoms with Crippen LogP contribution in [0.4, 0.5) is 0 Å². The molecule has 1 aromatic carbocycles. The highest BCUT2D eigenvalue weighted by Crippen LogP contribution is 2.15. The average Bonchev–Trinajstić information content (AvgIpc) is 2.83. The molecule has 0 spiro atoms. The summed E-state index contributed by atoms with van der Waals surface area (Å²) in [5.74, 6) is -1.58. The van der Waals surface area contributed by atoms with Crippen LogP contribution in [-0.4, -0.2) is 22.0 Å². The van der Waals surface area contributed by atoms with Crippen molar-refractivity contribution in [2.45, 2.75) is 6.04 Å². The molecule has 2 rings (SSSR count). The van der Waals surface area contributed by atoms with Crippen molar-refractivity contribution < 1.29 is 14.7 Å². The Morgan fingerprint density at radius 3 is 2.47 bits per heavy atom. The van der Waals surface area contributed by atoms with Crippen LogP contribution in [0.5, 0.6) is 0 Å². The van der Waals surface area contributed by atoms with Gasteiger partial charge in [0, 0.05) is 10.7 Å². The summed E-state index contributed by atoms with van der Waals surface area (Å²) in [5.41, 5.74) is 0.822. The topological polar surface area (TPSA) is 82.2 Å². The maximum Gasteiger partial charge on any atom is 0.330 e. The van der Waals surface area contributed by atoms with Gasteiger partial charge in [0.05, 0.1) is 0 Å². The van der Waals surface area contributed by atoms with Crippen LogP contribution >= 0.6 is 15.9 Å². The minimum Gasteiger partial charge on any atom is -0.479 e. The summed E-state index contributed by atoms with van der Waals surface area (Å²) in [7, 11) is 0. The van der Waals surface area contributed by atoms with E-state index < -0.39 is 17.9 Å². The van der Waals surface area contributed by atoms with E-state index in [-0.39, 0.29) is 0 Å². The number of carbonyl (C=O) groups is 2. The Morgan fingerprint density at radius 1 is 1.26 bits per heavy atom. The van der Waals surface area contributed by atoms with Crippen molar-refractivity contribution in [3.8, 4) is 0 Å². The number of hydrogen-bond acceptors (Lipinski definition) is 2. The second-order valence-electron chi connectivity index (χ2n) is 3.89. The van der Waals surface area contributed by atoms with E-state index in [1.54, 1.807) is 42.6 Å². The molecule has 2 aromatic rings. The van der Waals surface area contributed by atoms with Crippen molar-refractivity contribution in [1.82, 2.24) is 10.3 Å². The second-order valence-corrected chi connectivity index (χ2v) is 4.80. The molecule has 0 aliphatic heterocycles. The number of carbonyl (C=O) groups excluding carboxylic acids is 1. The molecular formula is C13H11BrN2O3. The fourth-order valence-corrected chi connectivity index (χ4v) is 1.98. The molecule has 6 heteroatoms. The largest absolute Gasteiger partial charge is 0.479 e. The number of aromatic nitrogens is 1. The van der Waals surface area contributed by atoms with Gasteiger partial charge in [-0.1, -0.05) is 30.3 Å². The SMILES string of the molecule is O=C(N[C@H](C(=O)O)c1ccccc1)c1cc(Br)c[nH]1. The summed E-state index contributed by atoms with van der Waals surface area (Å²) in [6.07, 6.45) is 1.60. The normalized spacial score (nSPS) is 11.8. The van der Waals surface area contributed by atoms with Crippen molar-refractivity contribution in [3.05, 3.63) is 58.3 Å². The molecule has 0 saturated carbocycles. The maximum atomic E-state index is 11.9. The van der Waals surface area contributed by atoms with Crippen LogP contribution in [0.1, 0.15) is 22.1 Å². The van der Waals surface area contributed by atoms with Gasteiger partial charge in [-0.05, 0) is 27.6 Å². The van der Waals surface area contributed by atoms with Gasteiger partial charge in [0.2, 0.25) is 0 Å². The van der Waals surface area contributed by atoms with Crippen LogP contribution in [0.25, 0.3) is 0 Å². The van der Waals surface area contributed by atoms with Gasteiger partial charge in [-0.15, -0.1) is 0 Å². The minimum absolute atomic E-state index is 0.300. The number of carboxylic acid groups (broad SMARTS) is 1. The number of benzene rings is 1. The fourth-order valence-electron chi connectivity index (χ4n) is 1.64. The minimum atomic E-state index is -1.11. The smallest absolute Gasteiger partial charge is 0.330 e. The standard InChI is InChI=1S/C13H11BrN2O3/c14-9-6-10(15-7-9)12(17)16-11(13(18)19)8-4-2-1-3-5-8/h1-7,11,15H,(H,16,17)(H,18,19)/t11-/m0/s1. The highest BCUT2D eigenvalue weighted by molar-refractivity contribution is 9.10. The molecule has 1 amide bonds. The van der Waals surface area contributed by atoms with Crippen LogP contribution in [0.15, 0.2) is 47.1 Å². The molecular weight excluding hydrogens is 312 g/mol. The van der Waals surface area contributed by atoms with Gasteiger partial charge in [0.15, 0.2) is 6.04 Å². The van der Waals surface area contributed by atoms with Crippen LogP contribution in [0.3, 0.4) is 0 Å². The summed E-state index contributed by atoms with van der Waals surface area (Å²) < 4.78 is 0.726. The zero-order valence-electron chi connectivity index (χ0n) is 9.76. The van der Waals surface area contributed by atoms with Crippen molar-refractivity contribution >= 4 is 27.8 Å². The molecule has 0 unspecified atom stereocenters. The Kier molecular flexibility index (Phi) is 4.01. The number of nitrogens with one attached hydrogen (secondary N) is 2. The van der Waals surface area contributed by atoms with Gasteiger partial charge in [0.1, 0.15) is 5.69 Å². The molecule has 98 valence electrons. The zero-order chi connectivity index (χ0) is 13.8. The first-order valence-corrected chi connectivity index (χ1v) is 6.30. The monoisotopic (exact) mass is 322 g/mol. The van der Waals surface area contributed by atoms with E-state index in [0.29, 0.717) is 11.3 Å². The molecule has 1 heterocycles. The van der Waals surface area contributed by atoms with Gasteiger partial charge in [-0.25, -0.2) is 4.79 Å². The number of aromatic amines is 1. The summed E-state index contributed by atoms with van der Waals surface area (Å²) in [4.78, 5) is 25.9. The highest BCUT2D eigenvalue weighted by Gasteiger charge is 2.22. The van der Waals surface area contributed by atoms with Gasteiger partial charge in [-0.2, -0.15) is 0 Å². The quantitative estimate of drug-likeness (QED) is 0.808. The predicted molar refractivity (Wildman–Crippen MR) is 72.8 cm³/mol. The molecule has 0 radical (unpaired) electrons. The van der Waals surface area contributed by atoms with Gasteiger partial charge in [-0.3, -0.25) is 4.79 Å². The lowest BCUT2D eigenvalue weighted by atomic mass is 10.1. The Balaban J connectivity index is 2.18. The Hall–Kier alpha value is -2.08. The van der Waals surface area contributed by atoms with E-state index in [1.165, 1.54) is 0 Å². The molecule has 1 aromatic heterocycles. The highest BCUT2D eigenvalue weighted by atomic mass is 79.9. The lowest BCUT2D eigenvalue weighted by Crippen LogP contribution is -2.33. The second kappa shape index (κ2) is 5.71. The van der Waals surface area contributed by atoms with E-state index in [9.17, 15) is 14.7 Å². The van der Waals surface area contributed by atoms with Crippen LogP contribution in [-0.2, 0) is 4.79 Å². The molecule has 0 aliphatic carbocycles. The zero-order valence-corrected chi connectivity index (χ0v) is 11.3. The first kappa shape index (κ1) is 13.4. The molecule has 5 nitrogen and oxygen atoms in total. The molecule has 0 aliphatic rings. The van der Waals surface area contributed by atoms with Gasteiger partial charge >= 0.3 is 5.97 Å². The van der Waals surface area contributed by atoms with Crippen LogP contribution in [0, 0.1) is 0 Å². The van der Waals surface area contributed by atoms with E-state index >= 15 is 0 Å².